The number of thiol groups is 1. The van der Waals surface area contributed by atoms with Gasteiger partial charge in [-0.05, 0) is 74.9 Å². The molecule has 0 saturated carbocycles. The van der Waals surface area contributed by atoms with Gasteiger partial charge in [0, 0.05) is 10.6 Å². The first kappa shape index (κ1) is 42.0. The van der Waals surface area contributed by atoms with Crippen molar-refractivity contribution in [2.75, 3.05) is 31.5 Å². The molecule has 0 saturated heterocycles. The van der Waals surface area contributed by atoms with E-state index in [0.29, 0.717) is 20.1 Å². The molecule has 0 aliphatic heterocycles. The van der Waals surface area contributed by atoms with Crippen molar-refractivity contribution in [3.8, 4) is 0 Å². The Morgan fingerprint density at radius 1 is 0.868 bits per heavy atom. The number of thioether (sulfide) groups is 2. The van der Waals surface area contributed by atoms with Gasteiger partial charge >= 0.3 is 11.9 Å². The number of halogens is 3. The number of ether oxygens (including phenoxy) is 2. The van der Waals surface area contributed by atoms with Crippen molar-refractivity contribution < 1.29 is 23.9 Å². The summed E-state index contributed by atoms with van der Waals surface area (Å²) in [5.74, 6) is -1.82. The highest BCUT2D eigenvalue weighted by Crippen LogP contribution is 2.33. The predicted molar refractivity (Wildman–Crippen MR) is 223 cm³/mol. The number of benzene rings is 2. The molecule has 2 N–H and O–H groups in total. The number of thiazole rings is 1. The molecule has 6 rings (SSSR count). The third-order valence-electron chi connectivity index (χ3n) is 7.01. The van der Waals surface area contributed by atoms with Crippen LogP contribution in [0.15, 0.2) is 92.3 Å². The Morgan fingerprint density at radius 3 is 2.09 bits per heavy atom. The van der Waals surface area contributed by atoms with Gasteiger partial charge in [-0.15, -0.1) is 47.5 Å². The minimum absolute atomic E-state index is 0.0367. The Morgan fingerprint density at radius 2 is 1.49 bits per heavy atom. The molecule has 6 aromatic rings. The summed E-state index contributed by atoms with van der Waals surface area (Å²) in [6.07, 6.45) is 3.56. The normalized spacial score (nSPS) is 10.6. The molecule has 0 aliphatic carbocycles. The van der Waals surface area contributed by atoms with E-state index < -0.39 is 17.7 Å². The molecule has 53 heavy (non-hydrogen) atoms. The second kappa shape index (κ2) is 19.5. The highest BCUT2D eigenvalue weighted by Gasteiger charge is 2.28. The smallest absolute Gasteiger partial charge is 0.345 e. The van der Waals surface area contributed by atoms with Crippen LogP contribution in [0.1, 0.15) is 34.6 Å². The molecule has 4 heterocycles. The van der Waals surface area contributed by atoms with Crippen LogP contribution >= 0.6 is 82.3 Å². The molecule has 17 heteroatoms. The Bertz CT molecular complexity index is 2390. The summed E-state index contributed by atoms with van der Waals surface area (Å²) >= 11 is 25.7. The number of anilines is 1. The van der Waals surface area contributed by atoms with Crippen LogP contribution in [0.4, 0.5) is 5.69 Å². The van der Waals surface area contributed by atoms with E-state index in [1.54, 1.807) is 42.9 Å². The molecule has 10 nitrogen and oxygen atoms in total. The molecular weight excluding hydrogens is 819 g/mol. The third-order valence-corrected chi connectivity index (χ3v) is 11.4. The van der Waals surface area contributed by atoms with E-state index in [1.807, 2.05) is 48.5 Å². The van der Waals surface area contributed by atoms with Crippen LogP contribution in [0.25, 0.3) is 26.1 Å². The van der Waals surface area contributed by atoms with E-state index in [1.165, 1.54) is 47.0 Å². The second-order valence-electron chi connectivity index (χ2n) is 10.3. The lowest BCUT2D eigenvalue weighted by molar-refractivity contribution is -0.138. The zero-order valence-corrected chi connectivity index (χ0v) is 34.1. The summed E-state index contributed by atoms with van der Waals surface area (Å²) in [4.78, 5) is 59.4. The monoisotopic (exact) mass is 848 g/mol. The van der Waals surface area contributed by atoms with E-state index in [9.17, 15) is 19.2 Å². The van der Waals surface area contributed by atoms with Crippen molar-refractivity contribution >= 4 is 132 Å². The summed E-state index contributed by atoms with van der Waals surface area (Å²) in [5, 5.41) is 0.752. The topological polar surface area (TPSA) is 143 Å². The number of hydrogen-bond acceptors (Lipinski definition) is 13. The largest absolute Gasteiger partial charge is 0.462 e. The van der Waals surface area contributed by atoms with Crippen LogP contribution in [0.3, 0.4) is 0 Å². The van der Waals surface area contributed by atoms with Gasteiger partial charge in [-0.25, -0.2) is 19.6 Å². The highest BCUT2D eigenvalue weighted by molar-refractivity contribution is 8.21. The van der Waals surface area contributed by atoms with Crippen molar-refractivity contribution in [1.82, 2.24) is 14.4 Å². The number of nitrogens with two attached hydrogens (primary N) is 1. The molecule has 0 atom stereocenters. The summed E-state index contributed by atoms with van der Waals surface area (Å²) in [5.41, 5.74) is 7.20. The van der Waals surface area contributed by atoms with Gasteiger partial charge in [0.15, 0.2) is 5.65 Å². The molecule has 276 valence electrons. The second-order valence-corrected chi connectivity index (χ2v) is 14.8. The quantitative estimate of drug-likeness (QED) is 0.0221. The fourth-order valence-electron chi connectivity index (χ4n) is 4.71. The predicted octanol–water partition coefficient (Wildman–Crippen LogP) is 9.52. The Labute approximate surface area is 337 Å². The minimum atomic E-state index is -0.674. The first-order valence-electron chi connectivity index (χ1n) is 15.5. The van der Waals surface area contributed by atoms with Crippen LogP contribution in [0.2, 0.25) is 15.5 Å². The van der Waals surface area contributed by atoms with E-state index in [-0.39, 0.29) is 50.8 Å². The molecule has 0 fully saturated rings. The number of fused-ring (bicyclic) bond motifs is 5. The third kappa shape index (κ3) is 9.87. The maximum Gasteiger partial charge on any atom is 0.345 e. The molecule has 0 amide bonds. The first-order chi connectivity index (χ1) is 25.4. The number of nitrogens with zero attached hydrogens (tertiary/aromatic N) is 3. The van der Waals surface area contributed by atoms with Crippen LogP contribution in [0.5, 0.6) is 0 Å². The van der Waals surface area contributed by atoms with Gasteiger partial charge in [0.25, 0.3) is 0 Å². The first-order valence-corrected chi connectivity index (χ1v) is 20.3. The van der Waals surface area contributed by atoms with Crippen molar-refractivity contribution in [2.45, 2.75) is 18.7 Å². The zero-order chi connectivity index (χ0) is 38.8. The summed E-state index contributed by atoms with van der Waals surface area (Å²) in [7, 11) is 0. The molecule has 0 radical (unpaired) electrons. The van der Waals surface area contributed by atoms with Gasteiger partial charge in [0.05, 0.1) is 38.6 Å². The highest BCUT2D eigenvalue weighted by atomic mass is 35.5. The number of carbonyl (C=O) groups is 3. The van der Waals surface area contributed by atoms with Crippen molar-refractivity contribution in [1.29, 1.82) is 0 Å². The maximum absolute atomic E-state index is 12.9. The van der Waals surface area contributed by atoms with Crippen LogP contribution in [0, 0.1) is 0 Å². The lowest BCUT2D eigenvalue weighted by Gasteiger charge is -2.11. The summed E-state index contributed by atoms with van der Waals surface area (Å²) in [6.45, 7) is 3.76. The van der Waals surface area contributed by atoms with Gasteiger partial charge in [0.2, 0.25) is 11.2 Å². The van der Waals surface area contributed by atoms with E-state index >= 15 is 0 Å². The molecule has 0 bridgehead atoms. The molecule has 0 unspecified atom stereocenters. The Kier molecular flexibility index (Phi) is 15.5. The van der Waals surface area contributed by atoms with E-state index in [2.05, 4.69) is 22.6 Å². The number of hydrogen-bond donors (Lipinski definition) is 2. The molecule has 0 aliphatic rings. The molecule has 4 aromatic heterocycles. The van der Waals surface area contributed by atoms with Gasteiger partial charge in [-0.3, -0.25) is 14.0 Å². The lowest BCUT2D eigenvalue weighted by Crippen LogP contribution is -2.20. The van der Waals surface area contributed by atoms with Crippen LogP contribution < -0.4 is 11.2 Å². The lowest BCUT2D eigenvalue weighted by atomic mass is 10.1. The van der Waals surface area contributed by atoms with Gasteiger partial charge in [0.1, 0.15) is 31.4 Å². The zero-order valence-electron chi connectivity index (χ0n) is 28.5. The summed E-state index contributed by atoms with van der Waals surface area (Å²) < 4.78 is 13.4. The summed E-state index contributed by atoms with van der Waals surface area (Å²) in [6, 6.07) is 21.1. The number of carbonyl (C=O) groups excluding carboxylic acids is 3. The number of rotatable bonds is 8. The fourth-order valence-corrected chi connectivity index (χ4v) is 8.05. The van der Waals surface area contributed by atoms with Crippen LogP contribution in [-0.4, -0.2) is 57.8 Å². The molecule has 0 spiro atoms. The van der Waals surface area contributed by atoms with Gasteiger partial charge in [-0.1, -0.05) is 59.1 Å². The van der Waals surface area contributed by atoms with Gasteiger partial charge in [-0.2, -0.15) is 0 Å². The van der Waals surface area contributed by atoms with Crippen molar-refractivity contribution in [3.63, 3.8) is 0 Å². The standard InChI is InChI=1S/C17H11ClN2O3S.C13H13Cl2NO3S2.C6H7NS/c1-2-23-17(22)13-14(21)9-7-8-12(18)19-15(9)20-10-5-3-4-6-11(10)24-16(13)20;1-4-19-12(18)9(13(20-2)21-3)10(17)7-5-6-8(14)16-11(7)15;7-5-3-1-2-4-6(5)8/h3-8H,2H2,1H3;5-6H,4H2,1-3H3;1-4,8H,7H2. The Balaban J connectivity index is 0.000000198. The number of ketones is 1. The van der Waals surface area contributed by atoms with Gasteiger partial charge < -0.3 is 15.2 Å². The molecule has 2 aromatic carbocycles. The number of para-hydroxylation sites is 2. The number of aromatic nitrogens is 3. The van der Waals surface area contributed by atoms with E-state index in [0.717, 1.165) is 20.8 Å². The average Bonchev–Trinajstić information content (AvgIpc) is 3.51. The fraction of sp³-hybridized carbons (Fsp3) is 0.167. The van der Waals surface area contributed by atoms with Crippen molar-refractivity contribution in [2.24, 2.45) is 0 Å². The Hall–Kier alpha value is -3.76. The number of Topliss-reactive ketones (excluding diaryl/α,β-unsaturated/α-hetero) is 1. The number of esters is 2. The van der Waals surface area contributed by atoms with Crippen LogP contribution in [-0.2, 0) is 14.3 Å². The average molecular weight is 850 g/mol. The maximum atomic E-state index is 12.9. The van der Waals surface area contributed by atoms with E-state index in [4.69, 9.17) is 50.0 Å². The number of pyridine rings is 3. The number of nitrogen functional groups attached to an aromatic ring is 1. The molecular formula is C36H31Cl3N4O6S4. The van der Waals surface area contributed by atoms with Crippen molar-refractivity contribution in [3.05, 3.63) is 119 Å². The minimum Gasteiger partial charge on any atom is -0.462 e. The SMILES string of the molecule is CCOC(=O)C(C(=O)c1ccc(Cl)nc1Cl)=C(SC)SC.CCOC(=O)c1c(=O)c2ccc(Cl)nc2n2c1sc1ccccc12.Nc1ccccc1S.